The predicted octanol–water partition coefficient (Wildman–Crippen LogP) is 3.97. The number of para-hydroxylation sites is 2. The van der Waals surface area contributed by atoms with Crippen molar-refractivity contribution in [3.05, 3.63) is 72.3 Å². The Balaban J connectivity index is 1.48. The summed E-state index contributed by atoms with van der Waals surface area (Å²) in [5.74, 6) is 2.53. The second-order valence-electron chi connectivity index (χ2n) is 7.04. The van der Waals surface area contributed by atoms with Crippen LogP contribution in [0.4, 0.5) is 4.79 Å². The molecule has 2 heterocycles. The zero-order valence-corrected chi connectivity index (χ0v) is 18.0. The van der Waals surface area contributed by atoms with Crippen LogP contribution in [-0.2, 0) is 6.54 Å². The summed E-state index contributed by atoms with van der Waals surface area (Å²) in [6.07, 6.45) is 3.30. The zero-order valence-electron chi connectivity index (χ0n) is 18.0. The SMILES string of the molecule is CCOc1ccccc1Oc1ccc(CNC(=O)NCC(c2ccco2)N(C)C)cn1. The Morgan fingerprint density at radius 3 is 2.55 bits per heavy atom. The minimum Gasteiger partial charge on any atom is -0.490 e. The summed E-state index contributed by atoms with van der Waals surface area (Å²) in [6, 6.07) is 14.5. The van der Waals surface area contributed by atoms with E-state index in [4.69, 9.17) is 13.9 Å². The summed E-state index contributed by atoms with van der Waals surface area (Å²) in [5.41, 5.74) is 0.857. The summed E-state index contributed by atoms with van der Waals surface area (Å²) < 4.78 is 16.8. The van der Waals surface area contributed by atoms with Gasteiger partial charge in [0.15, 0.2) is 11.5 Å². The topological polar surface area (TPSA) is 88.9 Å². The second kappa shape index (κ2) is 11.0. The summed E-state index contributed by atoms with van der Waals surface area (Å²) in [4.78, 5) is 18.5. The number of hydrogen-bond donors (Lipinski definition) is 2. The Kier molecular flexibility index (Phi) is 7.89. The van der Waals surface area contributed by atoms with Crippen molar-refractivity contribution in [2.75, 3.05) is 27.2 Å². The summed E-state index contributed by atoms with van der Waals surface area (Å²) in [5, 5.41) is 5.71. The van der Waals surface area contributed by atoms with E-state index in [0.29, 0.717) is 37.1 Å². The maximum atomic E-state index is 12.2. The Labute approximate surface area is 182 Å². The van der Waals surface area contributed by atoms with Gasteiger partial charge in [-0.1, -0.05) is 18.2 Å². The molecule has 31 heavy (non-hydrogen) atoms. The molecule has 0 aliphatic rings. The van der Waals surface area contributed by atoms with Crippen molar-refractivity contribution >= 4 is 6.03 Å². The van der Waals surface area contributed by atoms with Gasteiger partial charge < -0.3 is 24.5 Å². The number of ether oxygens (including phenoxy) is 2. The van der Waals surface area contributed by atoms with Crippen LogP contribution in [-0.4, -0.2) is 43.2 Å². The van der Waals surface area contributed by atoms with E-state index in [-0.39, 0.29) is 12.1 Å². The fourth-order valence-corrected chi connectivity index (χ4v) is 2.95. The first-order valence-corrected chi connectivity index (χ1v) is 10.1. The van der Waals surface area contributed by atoms with Gasteiger partial charge in [-0.3, -0.25) is 4.90 Å². The predicted molar refractivity (Wildman–Crippen MR) is 117 cm³/mol. The highest BCUT2D eigenvalue weighted by Gasteiger charge is 2.17. The maximum absolute atomic E-state index is 12.2. The van der Waals surface area contributed by atoms with Crippen molar-refractivity contribution in [3.8, 4) is 17.4 Å². The van der Waals surface area contributed by atoms with Crippen LogP contribution in [0.15, 0.2) is 65.4 Å². The fraction of sp³-hybridized carbons (Fsp3) is 0.304. The molecule has 0 fully saturated rings. The molecule has 1 atom stereocenters. The number of nitrogens with one attached hydrogen (secondary N) is 2. The molecule has 0 bridgehead atoms. The first kappa shape index (κ1) is 22.2. The van der Waals surface area contributed by atoms with E-state index in [0.717, 1.165) is 11.3 Å². The average molecular weight is 425 g/mol. The number of nitrogens with zero attached hydrogens (tertiary/aromatic N) is 2. The van der Waals surface area contributed by atoms with Crippen LogP contribution >= 0.6 is 0 Å². The largest absolute Gasteiger partial charge is 0.490 e. The minimum atomic E-state index is -0.260. The van der Waals surface area contributed by atoms with E-state index in [1.54, 1.807) is 18.5 Å². The van der Waals surface area contributed by atoms with Gasteiger partial charge in [-0.2, -0.15) is 0 Å². The zero-order chi connectivity index (χ0) is 22.1. The summed E-state index contributed by atoms with van der Waals surface area (Å²) in [7, 11) is 3.88. The lowest BCUT2D eigenvalue weighted by Crippen LogP contribution is -2.40. The van der Waals surface area contributed by atoms with E-state index in [9.17, 15) is 4.79 Å². The molecular formula is C23H28N4O4. The number of carbonyl (C=O) groups excluding carboxylic acids is 1. The van der Waals surface area contributed by atoms with Crippen molar-refractivity contribution in [2.24, 2.45) is 0 Å². The molecule has 0 aliphatic carbocycles. The van der Waals surface area contributed by atoms with Crippen LogP contribution < -0.4 is 20.1 Å². The molecule has 0 saturated carbocycles. The van der Waals surface area contributed by atoms with E-state index in [1.807, 2.05) is 68.4 Å². The number of rotatable bonds is 10. The molecule has 8 nitrogen and oxygen atoms in total. The first-order chi connectivity index (χ1) is 15.1. The van der Waals surface area contributed by atoms with Gasteiger partial charge in [-0.25, -0.2) is 9.78 Å². The Morgan fingerprint density at radius 2 is 1.90 bits per heavy atom. The van der Waals surface area contributed by atoms with Gasteiger partial charge in [-0.05, 0) is 50.8 Å². The number of amides is 2. The summed E-state index contributed by atoms with van der Waals surface area (Å²) >= 11 is 0. The van der Waals surface area contributed by atoms with Crippen molar-refractivity contribution in [1.82, 2.24) is 20.5 Å². The minimum absolute atomic E-state index is 0.0431. The lowest BCUT2D eigenvalue weighted by atomic mass is 10.2. The molecule has 3 rings (SSSR count). The number of carbonyl (C=O) groups is 1. The highest BCUT2D eigenvalue weighted by molar-refractivity contribution is 5.73. The van der Waals surface area contributed by atoms with Gasteiger partial charge in [0.05, 0.1) is 18.9 Å². The number of aromatic nitrogens is 1. The standard InChI is InChI=1S/C23H28N4O4/c1-4-29-20-8-5-6-9-21(20)31-22-12-11-17(14-24-22)15-25-23(28)26-16-18(27(2)3)19-10-7-13-30-19/h5-14,18H,4,15-16H2,1-3H3,(H2,25,26,28). The molecule has 164 valence electrons. The monoisotopic (exact) mass is 424 g/mol. The molecule has 1 unspecified atom stereocenters. The van der Waals surface area contributed by atoms with Crippen LogP contribution in [0.2, 0.25) is 0 Å². The average Bonchev–Trinajstić information content (AvgIpc) is 3.29. The summed E-state index contributed by atoms with van der Waals surface area (Å²) in [6.45, 7) is 3.25. The normalized spacial score (nSPS) is 11.7. The van der Waals surface area contributed by atoms with Crippen molar-refractivity contribution in [3.63, 3.8) is 0 Å². The lowest BCUT2D eigenvalue weighted by molar-refractivity contribution is 0.225. The molecule has 2 aromatic heterocycles. The van der Waals surface area contributed by atoms with Gasteiger partial charge in [0, 0.05) is 25.4 Å². The van der Waals surface area contributed by atoms with Gasteiger partial charge in [0.1, 0.15) is 5.76 Å². The number of hydrogen-bond acceptors (Lipinski definition) is 6. The van der Waals surface area contributed by atoms with Gasteiger partial charge in [0.25, 0.3) is 0 Å². The molecule has 0 aliphatic heterocycles. The van der Waals surface area contributed by atoms with E-state index in [2.05, 4.69) is 15.6 Å². The molecule has 2 amide bonds. The van der Waals surface area contributed by atoms with Crippen molar-refractivity contribution in [2.45, 2.75) is 19.5 Å². The first-order valence-electron chi connectivity index (χ1n) is 10.1. The van der Waals surface area contributed by atoms with Crippen LogP contribution in [0.3, 0.4) is 0 Å². The van der Waals surface area contributed by atoms with Crippen LogP contribution in [0.25, 0.3) is 0 Å². The fourth-order valence-electron chi connectivity index (χ4n) is 2.95. The molecule has 8 heteroatoms. The molecule has 0 saturated heterocycles. The Bertz CT molecular complexity index is 942. The number of benzene rings is 1. The molecular weight excluding hydrogens is 396 g/mol. The third-order valence-corrected chi connectivity index (χ3v) is 4.57. The molecule has 0 radical (unpaired) electrons. The number of likely N-dealkylation sites (N-methyl/N-ethyl adjacent to an activating group) is 1. The highest BCUT2D eigenvalue weighted by atomic mass is 16.5. The number of furan rings is 1. The van der Waals surface area contributed by atoms with Gasteiger partial charge >= 0.3 is 6.03 Å². The molecule has 0 spiro atoms. The van der Waals surface area contributed by atoms with Gasteiger partial charge in [0.2, 0.25) is 5.88 Å². The highest BCUT2D eigenvalue weighted by Crippen LogP contribution is 2.30. The third kappa shape index (κ3) is 6.48. The van der Waals surface area contributed by atoms with E-state index in [1.165, 1.54) is 0 Å². The Morgan fingerprint density at radius 1 is 1.10 bits per heavy atom. The van der Waals surface area contributed by atoms with E-state index < -0.39 is 0 Å². The second-order valence-corrected chi connectivity index (χ2v) is 7.04. The van der Waals surface area contributed by atoms with Crippen molar-refractivity contribution in [1.29, 1.82) is 0 Å². The number of pyridine rings is 1. The van der Waals surface area contributed by atoms with E-state index >= 15 is 0 Å². The van der Waals surface area contributed by atoms with Crippen LogP contribution in [0.1, 0.15) is 24.3 Å². The smallest absolute Gasteiger partial charge is 0.315 e. The van der Waals surface area contributed by atoms with Crippen molar-refractivity contribution < 1.29 is 18.7 Å². The third-order valence-electron chi connectivity index (χ3n) is 4.57. The quantitative estimate of drug-likeness (QED) is 0.512. The number of urea groups is 1. The van der Waals surface area contributed by atoms with Crippen LogP contribution in [0, 0.1) is 0 Å². The molecule has 1 aromatic carbocycles. The Hall–Kier alpha value is -3.52. The van der Waals surface area contributed by atoms with Crippen LogP contribution in [0.5, 0.6) is 17.4 Å². The molecule has 3 aromatic rings. The molecule has 2 N–H and O–H groups in total. The van der Waals surface area contributed by atoms with Gasteiger partial charge in [-0.15, -0.1) is 0 Å². The lowest BCUT2D eigenvalue weighted by Gasteiger charge is -2.22. The maximum Gasteiger partial charge on any atom is 0.315 e.